The number of rotatable bonds is 3. The highest BCUT2D eigenvalue weighted by Crippen LogP contribution is 2.15. The van der Waals surface area contributed by atoms with E-state index in [1.54, 1.807) is 12.4 Å². The van der Waals surface area contributed by atoms with Crippen molar-refractivity contribution in [2.45, 2.75) is 0 Å². The second-order valence-electron chi connectivity index (χ2n) is 4.21. The lowest BCUT2D eigenvalue weighted by molar-refractivity contribution is 1.32. The zero-order valence-electron chi connectivity index (χ0n) is 11.3. The lowest BCUT2D eigenvalue weighted by atomic mass is 10.1. The van der Waals surface area contributed by atoms with Crippen LogP contribution in [0, 0.1) is 0 Å². The quantitative estimate of drug-likeness (QED) is 0.583. The van der Waals surface area contributed by atoms with E-state index in [1.807, 2.05) is 48.6 Å². The first kappa shape index (κ1) is 14.3. The average molecular weight is 280 g/mol. The van der Waals surface area contributed by atoms with Gasteiger partial charge in [-0.25, -0.2) is 4.99 Å². The smallest absolute Gasteiger partial charge is 0.223 e. The molecule has 0 atom stereocenters. The highest BCUT2D eigenvalue weighted by atomic mass is 15.1. The molecule has 0 bridgehead atoms. The second kappa shape index (κ2) is 6.85. The largest absolute Gasteiger partial charge is 0.370 e. The summed E-state index contributed by atoms with van der Waals surface area (Å²) in [5.74, 6) is -0.0942. The van der Waals surface area contributed by atoms with Gasteiger partial charge in [-0.15, -0.1) is 0 Å². The van der Waals surface area contributed by atoms with Gasteiger partial charge in [-0.3, -0.25) is 4.98 Å². The first-order chi connectivity index (χ1) is 10.1. The van der Waals surface area contributed by atoms with Gasteiger partial charge in [0.1, 0.15) is 0 Å². The molecule has 6 nitrogen and oxygen atoms in total. The van der Waals surface area contributed by atoms with Crippen LogP contribution in [0.5, 0.6) is 0 Å². The summed E-state index contributed by atoms with van der Waals surface area (Å²) in [6, 6.07) is 11.4. The number of hydrogen-bond donors (Lipinski definition) is 3. The Balaban J connectivity index is 2.09. The third-order valence-electron chi connectivity index (χ3n) is 2.55. The number of pyridine rings is 1. The molecule has 2 rings (SSSR count). The summed E-state index contributed by atoms with van der Waals surface area (Å²) in [4.78, 5) is 11.7. The van der Waals surface area contributed by atoms with Crippen molar-refractivity contribution in [2.24, 2.45) is 27.2 Å². The Morgan fingerprint density at radius 3 is 2.00 bits per heavy atom. The van der Waals surface area contributed by atoms with Gasteiger partial charge >= 0.3 is 0 Å². The first-order valence-electron chi connectivity index (χ1n) is 6.25. The monoisotopic (exact) mass is 280 g/mol. The molecule has 6 N–H and O–H groups in total. The number of hydrogen-bond acceptors (Lipinski definition) is 2. The van der Waals surface area contributed by atoms with Crippen molar-refractivity contribution >= 4 is 29.8 Å². The fourth-order valence-electron chi connectivity index (χ4n) is 1.62. The van der Waals surface area contributed by atoms with Gasteiger partial charge in [0.15, 0.2) is 5.96 Å². The number of aromatic nitrogens is 1. The summed E-state index contributed by atoms with van der Waals surface area (Å²) in [6.45, 7) is 0. The Morgan fingerprint density at radius 2 is 1.43 bits per heavy atom. The standard InChI is InChI=1S/C15H16N6/c16-14(17)21-15(18)20-13-5-3-11(4-6-13)1-2-12-7-9-19-10-8-12/h1-10H,(H6,16,17,18,20,21). The van der Waals surface area contributed by atoms with E-state index in [0.29, 0.717) is 5.69 Å². The normalized spacial score (nSPS) is 11.5. The minimum absolute atomic E-state index is 0.0232. The minimum Gasteiger partial charge on any atom is -0.370 e. The van der Waals surface area contributed by atoms with E-state index in [0.717, 1.165) is 11.1 Å². The Bertz CT molecular complexity index is 667. The Morgan fingerprint density at radius 1 is 0.857 bits per heavy atom. The van der Waals surface area contributed by atoms with Crippen molar-refractivity contribution in [1.82, 2.24) is 4.98 Å². The van der Waals surface area contributed by atoms with Gasteiger partial charge in [0.25, 0.3) is 0 Å². The van der Waals surface area contributed by atoms with E-state index in [9.17, 15) is 0 Å². The van der Waals surface area contributed by atoms with Crippen molar-refractivity contribution in [2.75, 3.05) is 0 Å². The number of nitrogens with zero attached hydrogens (tertiary/aromatic N) is 3. The topological polar surface area (TPSA) is 116 Å². The fourth-order valence-corrected chi connectivity index (χ4v) is 1.62. The van der Waals surface area contributed by atoms with Crippen LogP contribution in [0.1, 0.15) is 11.1 Å². The Labute approximate surface area is 122 Å². The van der Waals surface area contributed by atoms with Gasteiger partial charge < -0.3 is 17.2 Å². The molecule has 0 unspecified atom stereocenters. The maximum Gasteiger partial charge on any atom is 0.223 e. The Kier molecular flexibility index (Phi) is 4.66. The summed E-state index contributed by atoms with van der Waals surface area (Å²) in [7, 11) is 0. The number of guanidine groups is 2. The maximum atomic E-state index is 5.56. The van der Waals surface area contributed by atoms with Crippen molar-refractivity contribution in [3.8, 4) is 0 Å². The van der Waals surface area contributed by atoms with Crippen molar-refractivity contribution < 1.29 is 0 Å². The summed E-state index contributed by atoms with van der Waals surface area (Å²) in [6.07, 6.45) is 7.52. The van der Waals surface area contributed by atoms with Crippen LogP contribution in [-0.4, -0.2) is 16.9 Å². The molecule has 6 heteroatoms. The molecule has 21 heavy (non-hydrogen) atoms. The van der Waals surface area contributed by atoms with E-state index in [4.69, 9.17) is 17.2 Å². The minimum atomic E-state index is -0.117. The molecule has 0 aliphatic rings. The summed E-state index contributed by atoms with van der Waals surface area (Å²) in [5, 5.41) is 0. The molecule has 0 saturated carbocycles. The van der Waals surface area contributed by atoms with Crippen LogP contribution < -0.4 is 17.2 Å². The third kappa shape index (κ3) is 4.79. The van der Waals surface area contributed by atoms with Gasteiger partial charge in [-0.05, 0) is 35.4 Å². The van der Waals surface area contributed by atoms with Crippen LogP contribution in [0.25, 0.3) is 12.2 Å². The molecule has 0 fully saturated rings. The van der Waals surface area contributed by atoms with Crippen LogP contribution in [-0.2, 0) is 0 Å². The zero-order chi connectivity index (χ0) is 15.1. The Hall–Kier alpha value is -3.15. The van der Waals surface area contributed by atoms with Gasteiger partial charge in [0.2, 0.25) is 5.96 Å². The molecule has 1 heterocycles. The van der Waals surface area contributed by atoms with Crippen LogP contribution >= 0.6 is 0 Å². The summed E-state index contributed by atoms with van der Waals surface area (Å²) < 4.78 is 0. The van der Waals surface area contributed by atoms with Crippen LogP contribution in [0.3, 0.4) is 0 Å². The maximum absolute atomic E-state index is 5.56. The molecule has 2 aromatic rings. The van der Waals surface area contributed by atoms with Crippen LogP contribution in [0.4, 0.5) is 5.69 Å². The number of aliphatic imine (C=N–C) groups is 2. The highest BCUT2D eigenvalue weighted by Gasteiger charge is 1.93. The summed E-state index contributed by atoms with van der Waals surface area (Å²) >= 11 is 0. The fraction of sp³-hybridized carbons (Fsp3) is 0. The second-order valence-corrected chi connectivity index (χ2v) is 4.21. The number of benzene rings is 1. The lowest BCUT2D eigenvalue weighted by Crippen LogP contribution is -2.26. The molecule has 1 aromatic heterocycles. The van der Waals surface area contributed by atoms with E-state index < -0.39 is 0 Å². The predicted molar refractivity (Wildman–Crippen MR) is 86.7 cm³/mol. The van der Waals surface area contributed by atoms with E-state index in [1.165, 1.54) is 0 Å². The van der Waals surface area contributed by atoms with Crippen molar-refractivity contribution in [1.29, 1.82) is 0 Å². The lowest BCUT2D eigenvalue weighted by Gasteiger charge is -1.98. The molecule has 1 aromatic carbocycles. The molecule has 0 saturated heterocycles. The molecule has 0 amide bonds. The van der Waals surface area contributed by atoms with E-state index in [2.05, 4.69) is 15.0 Å². The van der Waals surface area contributed by atoms with E-state index in [-0.39, 0.29) is 11.9 Å². The van der Waals surface area contributed by atoms with E-state index >= 15 is 0 Å². The molecular formula is C15H16N6. The molecule has 0 aliphatic carbocycles. The highest BCUT2D eigenvalue weighted by molar-refractivity contribution is 5.93. The molecule has 0 spiro atoms. The SMILES string of the molecule is NC(N)=NC(N)=Nc1ccc(C=Cc2ccncc2)cc1. The zero-order valence-corrected chi connectivity index (χ0v) is 11.3. The molecular weight excluding hydrogens is 264 g/mol. The molecule has 106 valence electrons. The predicted octanol–water partition coefficient (Wildman–Crippen LogP) is 1.47. The van der Waals surface area contributed by atoms with Crippen LogP contribution in [0.2, 0.25) is 0 Å². The molecule has 0 radical (unpaired) electrons. The van der Waals surface area contributed by atoms with Gasteiger partial charge in [0.05, 0.1) is 5.69 Å². The number of nitrogens with two attached hydrogens (primary N) is 3. The van der Waals surface area contributed by atoms with Crippen LogP contribution in [0.15, 0.2) is 58.8 Å². The van der Waals surface area contributed by atoms with Crippen molar-refractivity contribution in [3.05, 3.63) is 59.9 Å². The van der Waals surface area contributed by atoms with Crippen molar-refractivity contribution in [3.63, 3.8) is 0 Å². The molecule has 0 aliphatic heterocycles. The third-order valence-corrected chi connectivity index (χ3v) is 2.55. The summed E-state index contributed by atoms with van der Waals surface area (Å²) in [5.41, 5.74) is 18.8. The average Bonchev–Trinajstić information content (AvgIpc) is 2.47. The van der Waals surface area contributed by atoms with Gasteiger partial charge in [-0.2, -0.15) is 4.99 Å². The first-order valence-corrected chi connectivity index (χ1v) is 6.25. The van der Waals surface area contributed by atoms with Gasteiger partial charge in [-0.1, -0.05) is 24.3 Å². The van der Waals surface area contributed by atoms with Gasteiger partial charge in [0, 0.05) is 12.4 Å².